The number of nitrogens with one attached hydrogen (secondary N) is 1. The molecule has 0 saturated carbocycles. The van der Waals surface area contributed by atoms with E-state index in [2.05, 4.69) is 39.1 Å². The summed E-state index contributed by atoms with van der Waals surface area (Å²) in [7, 11) is 0. The Kier molecular flexibility index (Phi) is 4.76. The van der Waals surface area contributed by atoms with Gasteiger partial charge in [-0.1, -0.05) is 12.1 Å². The van der Waals surface area contributed by atoms with Crippen LogP contribution in [0.2, 0.25) is 0 Å². The van der Waals surface area contributed by atoms with Gasteiger partial charge in [-0.15, -0.1) is 0 Å². The van der Waals surface area contributed by atoms with Crippen molar-refractivity contribution in [2.45, 2.75) is 39.3 Å². The van der Waals surface area contributed by atoms with Crippen molar-refractivity contribution >= 4 is 5.91 Å². The number of likely N-dealkylation sites (tertiary alicyclic amines) is 1. The summed E-state index contributed by atoms with van der Waals surface area (Å²) in [5.74, 6) is 1.18. The third kappa shape index (κ3) is 3.79. The maximum absolute atomic E-state index is 11.3. The van der Waals surface area contributed by atoms with Crippen molar-refractivity contribution in [1.82, 2.24) is 19.8 Å². The number of rotatable bonds is 4. The van der Waals surface area contributed by atoms with E-state index in [0.29, 0.717) is 6.04 Å². The van der Waals surface area contributed by atoms with Gasteiger partial charge in [-0.2, -0.15) is 0 Å². The van der Waals surface area contributed by atoms with Crippen LogP contribution in [0.5, 0.6) is 0 Å². The van der Waals surface area contributed by atoms with Crippen LogP contribution in [0.3, 0.4) is 0 Å². The van der Waals surface area contributed by atoms with Gasteiger partial charge in [0, 0.05) is 50.7 Å². The summed E-state index contributed by atoms with van der Waals surface area (Å²) < 4.78 is 2.08. The Morgan fingerprint density at radius 1 is 1.26 bits per heavy atom. The first-order chi connectivity index (χ1) is 11.1. The van der Waals surface area contributed by atoms with Crippen LogP contribution in [0.4, 0.5) is 0 Å². The maximum Gasteiger partial charge on any atom is 0.219 e. The predicted octanol–water partition coefficient (Wildman–Crippen LogP) is 2.28. The fourth-order valence-electron chi connectivity index (χ4n) is 3.09. The molecular formula is C18H24N4O. The minimum absolute atomic E-state index is 0.189. The van der Waals surface area contributed by atoms with Crippen LogP contribution in [-0.4, -0.2) is 39.5 Å². The second kappa shape index (κ2) is 6.96. The van der Waals surface area contributed by atoms with Crippen molar-refractivity contribution in [1.29, 1.82) is 0 Å². The molecule has 3 rings (SSSR count). The highest BCUT2D eigenvalue weighted by Crippen LogP contribution is 2.14. The van der Waals surface area contributed by atoms with E-state index in [0.717, 1.165) is 44.0 Å². The predicted molar refractivity (Wildman–Crippen MR) is 90.4 cm³/mol. The summed E-state index contributed by atoms with van der Waals surface area (Å²) in [4.78, 5) is 17.5. The Hall–Kier alpha value is -2.14. The SMILES string of the molecule is CC(=O)N1CCC(NCc2ccc(-n3ccnc3C)cc2)CC1. The van der Waals surface area contributed by atoms with Crippen molar-refractivity contribution in [2.75, 3.05) is 13.1 Å². The molecule has 0 spiro atoms. The van der Waals surface area contributed by atoms with Crippen LogP contribution < -0.4 is 5.32 Å². The molecule has 0 unspecified atom stereocenters. The lowest BCUT2D eigenvalue weighted by Gasteiger charge is -2.31. The third-order valence-electron chi connectivity index (χ3n) is 4.58. The molecule has 0 aliphatic carbocycles. The number of hydrogen-bond donors (Lipinski definition) is 1. The Balaban J connectivity index is 1.52. The number of carbonyl (C=O) groups is 1. The molecule has 0 radical (unpaired) electrons. The van der Waals surface area contributed by atoms with E-state index < -0.39 is 0 Å². The Morgan fingerprint density at radius 3 is 2.52 bits per heavy atom. The molecule has 1 amide bonds. The summed E-state index contributed by atoms with van der Waals surface area (Å²) >= 11 is 0. The van der Waals surface area contributed by atoms with Crippen molar-refractivity contribution in [3.8, 4) is 5.69 Å². The monoisotopic (exact) mass is 312 g/mol. The van der Waals surface area contributed by atoms with Gasteiger partial charge < -0.3 is 14.8 Å². The number of amides is 1. The van der Waals surface area contributed by atoms with Crippen LogP contribution >= 0.6 is 0 Å². The van der Waals surface area contributed by atoms with E-state index in [4.69, 9.17) is 0 Å². The standard InChI is InChI=1S/C18H24N4O/c1-14-19-9-12-22(14)18-5-3-16(4-6-18)13-20-17-7-10-21(11-8-17)15(2)23/h3-6,9,12,17,20H,7-8,10-11,13H2,1-2H3. The zero-order valence-corrected chi connectivity index (χ0v) is 13.8. The summed E-state index contributed by atoms with van der Waals surface area (Å²) in [6.07, 6.45) is 5.86. The molecule has 5 nitrogen and oxygen atoms in total. The van der Waals surface area contributed by atoms with E-state index >= 15 is 0 Å². The van der Waals surface area contributed by atoms with Crippen LogP contribution in [0, 0.1) is 6.92 Å². The fraction of sp³-hybridized carbons (Fsp3) is 0.444. The van der Waals surface area contributed by atoms with Crippen molar-refractivity contribution in [3.63, 3.8) is 0 Å². The van der Waals surface area contributed by atoms with Gasteiger partial charge in [0.1, 0.15) is 5.82 Å². The normalized spacial score (nSPS) is 15.8. The van der Waals surface area contributed by atoms with Crippen molar-refractivity contribution in [3.05, 3.63) is 48.0 Å². The number of carbonyl (C=O) groups excluding carboxylic acids is 1. The first-order valence-corrected chi connectivity index (χ1v) is 8.21. The maximum atomic E-state index is 11.3. The lowest BCUT2D eigenvalue weighted by atomic mass is 10.0. The minimum atomic E-state index is 0.189. The Labute approximate surface area is 137 Å². The highest BCUT2D eigenvalue weighted by molar-refractivity contribution is 5.73. The minimum Gasteiger partial charge on any atom is -0.343 e. The lowest BCUT2D eigenvalue weighted by Crippen LogP contribution is -2.43. The van der Waals surface area contributed by atoms with Gasteiger partial charge in [0.25, 0.3) is 0 Å². The number of hydrogen-bond acceptors (Lipinski definition) is 3. The molecule has 1 aromatic heterocycles. The average molecular weight is 312 g/mol. The van der Waals surface area contributed by atoms with Crippen LogP contribution in [-0.2, 0) is 11.3 Å². The molecule has 0 atom stereocenters. The summed E-state index contributed by atoms with van der Waals surface area (Å²) in [6.45, 7) is 6.26. The average Bonchev–Trinajstić information content (AvgIpc) is 3.00. The van der Waals surface area contributed by atoms with Crippen LogP contribution in [0.15, 0.2) is 36.7 Å². The van der Waals surface area contributed by atoms with E-state index in [1.807, 2.05) is 24.2 Å². The molecule has 1 aromatic carbocycles. The highest BCUT2D eigenvalue weighted by atomic mass is 16.2. The van der Waals surface area contributed by atoms with Crippen molar-refractivity contribution < 1.29 is 4.79 Å². The molecule has 5 heteroatoms. The zero-order valence-electron chi connectivity index (χ0n) is 13.8. The number of nitrogens with zero attached hydrogens (tertiary/aromatic N) is 3. The Morgan fingerprint density at radius 2 is 1.96 bits per heavy atom. The number of aromatic nitrogens is 2. The van der Waals surface area contributed by atoms with Gasteiger partial charge in [0.2, 0.25) is 5.91 Å². The first kappa shape index (κ1) is 15.7. The molecule has 1 saturated heterocycles. The smallest absolute Gasteiger partial charge is 0.219 e. The molecule has 2 heterocycles. The fourth-order valence-corrected chi connectivity index (χ4v) is 3.09. The topological polar surface area (TPSA) is 50.2 Å². The number of piperidine rings is 1. The van der Waals surface area contributed by atoms with Gasteiger partial charge in [-0.05, 0) is 37.5 Å². The molecule has 0 bridgehead atoms. The van der Waals surface area contributed by atoms with Crippen LogP contribution in [0.25, 0.3) is 5.69 Å². The molecule has 1 aliphatic rings. The molecular weight excluding hydrogens is 288 g/mol. The molecule has 1 fully saturated rings. The van der Waals surface area contributed by atoms with Gasteiger partial charge in [-0.25, -0.2) is 4.98 Å². The number of imidazole rings is 1. The van der Waals surface area contributed by atoms with Gasteiger partial charge in [-0.3, -0.25) is 4.79 Å². The summed E-state index contributed by atoms with van der Waals surface area (Å²) in [5, 5.41) is 3.61. The third-order valence-corrected chi connectivity index (χ3v) is 4.58. The second-order valence-electron chi connectivity index (χ2n) is 6.17. The molecule has 23 heavy (non-hydrogen) atoms. The largest absolute Gasteiger partial charge is 0.343 e. The second-order valence-corrected chi connectivity index (χ2v) is 6.17. The molecule has 1 aliphatic heterocycles. The summed E-state index contributed by atoms with van der Waals surface area (Å²) in [6, 6.07) is 9.08. The summed E-state index contributed by atoms with van der Waals surface area (Å²) in [5.41, 5.74) is 2.42. The Bertz CT molecular complexity index is 654. The van der Waals surface area contributed by atoms with Crippen LogP contribution in [0.1, 0.15) is 31.2 Å². The van der Waals surface area contributed by atoms with Gasteiger partial charge >= 0.3 is 0 Å². The number of benzene rings is 1. The highest BCUT2D eigenvalue weighted by Gasteiger charge is 2.19. The van der Waals surface area contributed by atoms with E-state index in [9.17, 15) is 4.79 Å². The van der Waals surface area contributed by atoms with Crippen molar-refractivity contribution in [2.24, 2.45) is 0 Å². The lowest BCUT2D eigenvalue weighted by molar-refractivity contribution is -0.129. The molecule has 2 aromatic rings. The van der Waals surface area contributed by atoms with E-state index in [1.54, 1.807) is 6.92 Å². The van der Waals surface area contributed by atoms with E-state index in [1.165, 1.54) is 5.56 Å². The zero-order chi connectivity index (χ0) is 16.2. The molecule has 122 valence electrons. The first-order valence-electron chi connectivity index (χ1n) is 8.21. The quantitative estimate of drug-likeness (QED) is 0.942. The molecule has 1 N–H and O–H groups in total. The van der Waals surface area contributed by atoms with Gasteiger partial charge in [0.15, 0.2) is 0 Å². The van der Waals surface area contributed by atoms with Gasteiger partial charge in [0.05, 0.1) is 0 Å². The number of aryl methyl sites for hydroxylation is 1. The van der Waals surface area contributed by atoms with E-state index in [-0.39, 0.29) is 5.91 Å².